The van der Waals surface area contributed by atoms with Gasteiger partial charge in [-0.25, -0.2) is 0 Å². The van der Waals surface area contributed by atoms with Crippen LogP contribution in [0, 0.1) is 4.51 Å². The minimum absolute atomic E-state index is 0.829. The average Bonchev–Trinajstić information content (AvgIpc) is 3.53. The Morgan fingerprint density at radius 1 is 0.590 bits per heavy atom. The second-order valence-corrected chi connectivity index (χ2v) is 12.8. The number of rotatable bonds is 2. The number of aromatic amines is 2. The van der Waals surface area contributed by atoms with Gasteiger partial charge >= 0.3 is 0 Å². The highest BCUT2D eigenvalue weighted by Gasteiger charge is 2.18. The predicted octanol–water partition coefficient (Wildman–Crippen LogP) is 11.8. The van der Waals surface area contributed by atoms with Crippen LogP contribution >= 0.6 is 55.4 Å². The van der Waals surface area contributed by atoms with Gasteiger partial charge in [0.2, 0.25) is 0 Å². The molecule has 39 heavy (non-hydrogen) atoms. The van der Waals surface area contributed by atoms with Gasteiger partial charge in [-0.15, -0.1) is 11.3 Å². The van der Waals surface area contributed by atoms with Crippen molar-refractivity contribution >= 4 is 109 Å². The second kappa shape index (κ2) is 8.86. The lowest BCUT2D eigenvalue weighted by atomic mass is 10.0. The lowest BCUT2D eigenvalue weighted by Gasteiger charge is -2.13. The van der Waals surface area contributed by atoms with Gasteiger partial charge in [0.1, 0.15) is 0 Å². The summed E-state index contributed by atoms with van der Waals surface area (Å²) in [6, 6.07) is 34.3. The molecule has 0 fully saturated rings. The molecule has 3 aromatic heterocycles. The number of fused-ring (bicyclic) bond motifs is 7. The molecule has 0 bridgehead atoms. The van der Waals surface area contributed by atoms with Crippen molar-refractivity contribution in [2.75, 3.05) is 0 Å². The van der Waals surface area contributed by atoms with Crippen molar-refractivity contribution in [3.05, 3.63) is 111 Å². The zero-order chi connectivity index (χ0) is 26.2. The molecule has 0 aliphatic carbocycles. The van der Waals surface area contributed by atoms with Gasteiger partial charge in [0, 0.05) is 73.0 Å². The molecule has 0 aliphatic rings. The first-order valence-corrected chi connectivity index (χ1v) is 15.3. The third-order valence-corrected chi connectivity index (χ3v) is 10.7. The van der Waals surface area contributed by atoms with Gasteiger partial charge in [-0.1, -0.05) is 101 Å². The van der Waals surface area contributed by atoms with Crippen molar-refractivity contribution in [2.24, 2.45) is 0 Å². The van der Waals surface area contributed by atoms with E-state index in [2.05, 4.69) is 139 Å². The molecule has 0 saturated carbocycles. The number of H-pyrrole nitrogens is 2. The minimum Gasteiger partial charge on any atom is -0.354 e. The third kappa shape index (κ3) is 3.52. The zero-order valence-electron chi connectivity index (χ0n) is 20.3. The SMILES string of the molecule is S=c1cc(-c2cccc3c2[nH]c2ccccc23)sc2c(Br)c(-c3cccc4c3[nH]c3ccccc34)cc(Br)c12. The average molecular weight is 666 g/mol. The fourth-order valence-electron chi connectivity index (χ4n) is 5.76. The van der Waals surface area contributed by atoms with Crippen LogP contribution in [0.5, 0.6) is 0 Å². The number of benzene rings is 5. The Balaban J connectivity index is 1.41. The maximum absolute atomic E-state index is 6.00. The third-order valence-electron chi connectivity index (χ3n) is 7.53. The second-order valence-electron chi connectivity index (χ2n) is 9.70. The van der Waals surface area contributed by atoms with Crippen LogP contribution in [0.25, 0.3) is 75.3 Å². The molecule has 6 heteroatoms. The topological polar surface area (TPSA) is 31.6 Å². The van der Waals surface area contributed by atoms with Gasteiger partial charge in [0.25, 0.3) is 0 Å². The summed E-state index contributed by atoms with van der Waals surface area (Å²) < 4.78 is 4.01. The first-order chi connectivity index (χ1) is 19.1. The van der Waals surface area contributed by atoms with Crippen molar-refractivity contribution in [3.63, 3.8) is 0 Å². The molecular weight excluding hydrogens is 648 g/mol. The molecule has 5 aromatic carbocycles. The summed E-state index contributed by atoms with van der Waals surface area (Å²) >= 11 is 15.7. The van der Waals surface area contributed by atoms with E-state index in [0.717, 1.165) is 67.2 Å². The minimum atomic E-state index is 0.829. The fraction of sp³-hybridized carbons (Fsp3) is 0. The van der Waals surface area contributed by atoms with E-state index in [4.69, 9.17) is 12.2 Å². The van der Waals surface area contributed by atoms with Gasteiger partial charge in [-0.3, -0.25) is 0 Å². The normalized spacial score (nSPS) is 11.9. The highest BCUT2D eigenvalue weighted by Crippen LogP contribution is 2.46. The highest BCUT2D eigenvalue weighted by atomic mass is 79.9. The van der Waals surface area contributed by atoms with Crippen LogP contribution in [0.4, 0.5) is 0 Å². The molecule has 0 amide bonds. The molecule has 0 unspecified atom stereocenters. The van der Waals surface area contributed by atoms with E-state index in [1.807, 2.05) is 0 Å². The lowest BCUT2D eigenvalue weighted by Crippen LogP contribution is -1.87. The Hall–Kier alpha value is -3.29. The van der Waals surface area contributed by atoms with Gasteiger partial charge in [-0.2, -0.15) is 0 Å². The summed E-state index contributed by atoms with van der Waals surface area (Å²) in [5.74, 6) is 0. The van der Waals surface area contributed by atoms with Crippen molar-refractivity contribution in [2.45, 2.75) is 0 Å². The van der Waals surface area contributed by atoms with Crippen LogP contribution in [-0.4, -0.2) is 9.97 Å². The number of para-hydroxylation sites is 4. The predicted molar refractivity (Wildman–Crippen MR) is 178 cm³/mol. The molecule has 186 valence electrons. The molecule has 0 saturated heterocycles. The summed E-state index contributed by atoms with van der Waals surface area (Å²) in [6.07, 6.45) is 0. The van der Waals surface area contributed by atoms with Gasteiger partial charge in [0.05, 0.1) is 15.7 Å². The first kappa shape index (κ1) is 23.6. The maximum atomic E-state index is 6.00. The number of nitrogens with one attached hydrogen (secondary N) is 2. The molecular formula is C33H18Br2N2S2. The molecule has 3 heterocycles. The van der Waals surface area contributed by atoms with E-state index in [9.17, 15) is 0 Å². The Labute approximate surface area is 249 Å². The van der Waals surface area contributed by atoms with Crippen LogP contribution < -0.4 is 0 Å². The number of hydrogen-bond donors (Lipinski definition) is 2. The monoisotopic (exact) mass is 664 g/mol. The quantitative estimate of drug-likeness (QED) is 0.177. The van der Waals surface area contributed by atoms with Crippen LogP contribution in [0.15, 0.2) is 106 Å². The van der Waals surface area contributed by atoms with Crippen LogP contribution in [0.3, 0.4) is 0 Å². The molecule has 8 rings (SSSR count). The van der Waals surface area contributed by atoms with E-state index in [1.54, 1.807) is 11.3 Å². The van der Waals surface area contributed by atoms with E-state index in [0.29, 0.717) is 0 Å². The van der Waals surface area contributed by atoms with Crippen molar-refractivity contribution in [1.82, 2.24) is 9.97 Å². The summed E-state index contributed by atoms with van der Waals surface area (Å²) in [7, 11) is 0. The van der Waals surface area contributed by atoms with Crippen LogP contribution in [0.1, 0.15) is 0 Å². The summed E-state index contributed by atoms with van der Waals surface area (Å²) in [5, 5.41) is 5.96. The van der Waals surface area contributed by atoms with Crippen LogP contribution in [0.2, 0.25) is 0 Å². The van der Waals surface area contributed by atoms with E-state index >= 15 is 0 Å². The lowest BCUT2D eigenvalue weighted by molar-refractivity contribution is 1.53. The van der Waals surface area contributed by atoms with E-state index in [-0.39, 0.29) is 0 Å². The Morgan fingerprint density at radius 3 is 1.82 bits per heavy atom. The Bertz CT molecular complexity index is 2340. The summed E-state index contributed by atoms with van der Waals surface area (Å²) in [6.45, 7) is 0. The number of hydrogen-bond acceptors (Lipinski definition) is 2. The molecule has 0 aliphatic heterocycles. The van der Waals surface area contributed by atoms with Gasteiger partial charge in [-0.05, 0) is 40.2 Å². The number of aromatic nitrogens is 2. The summed E-state index contributed by atoms with van der Waals surface area (Å²) in [5.41, 5.74) is 7.99. The maximum Gasteiger partial charge on any atom is 0.0552 e. The van der Waals surface area contributed by atoms with Crippen molar-refractivity contribution in [1.29, 1.82) is 0 Å². The Kier molecular flexibility index (Phi) is 5.36. The fourth-order valence-corrected chi connectivity index (χ4v) is 9.10. The molecule has 8 aromatic rings. The molecule has 0 atom stereocenters. The van der Waals surface area contributed by atoms with Crippen molar-refractivity contribution < 1.29 is 0 Å². The van der Waals surface area contributed by atoms with E-state index in [1.165, 1.54) is 21.5 Å². The molecule has 0 radical (unpaired) electrons. The van der Waals surface area contributed by atoms with Crippen LogP contribution in [-0.2, 0) is 0 Å². The first-order valence-electron chi connectivity index (χ1n) is 12.5. The largest absolute Gasteiger partial charge is 0.354 e. The highest BCUT2D eigenvalue weighted by molar-refractivity contribution is 9.11. The number of halogens is 2. The zero-order valence-corrected chi connectivity index (χ0v) is 25.1. The molecule has 0 spiro atoms. The molecule has 2 nitrogen and oxygen atoms in total. The summed E-state index contributed by atoms with van der Waals surface area (Å²) in [4.78, 5) is 8.46. The molecule has 2 N–H and O–H groups in total. The smallest absolute Gasteiger partial charge is 0.0552 e. The Morgan fingerprint density at radius 2 is 1.15 bits per heavy atom. The van der Waals surface area contributed by atoms with Gasteiger partial charge < -0.3 is 9.97 Å². The standard InChI is InChI=1S/C33H18Br2N2S2/c34-24-15-23(21-11-5-9-19-17-7-1-3-13-25(17)36-31(19)21)30(35)33-29(24)27(38)16-28(39-33)22-12-6-10-20-18-8-2-4-14-26(18)37-32(20)22/h1-16,36-37H. The van der Waals surface area contributed by atoms with Crippen molar-refractivity contribution in [3.8, 4) is 21.6 Å². The van der Waals surface area contributed by atoms with Gasteiger partial charge in [0.15, 0.2) is 0 Å². The van der Waals surface area contributed by atoms with E-state index < -0.39 is 0 Å².